The van der Waals surface area contributed by atoms with Crippen molar-refractivity contribution in [3.05, 3.63) is 29.7 Å². The van der Waals surface area contributed by atoms with E-state index in [-0.39, 0.29) is 12.6 Å². The quantitative estimate of drug-likeness (QED) is 0.889. The Bertz CT molecular complexity index is 653. The Kier molecular flexibility index (Phi) is 3.02. The van der Waals surface area contributed by atoms with Gasteiger partial charge in [0.15, 0.2) is 0 Å². The maximum Gasteiger partial charge on any atom is 0.405 e. The molecule has 1 aromatic heterocycles. The predicted octanol–water partition coefficient (Wildman–Crippen LogP) is 2.00. The van der Waals surface area contributed by atoms with Crippen LogP contribution in [-0.4, -0.2) is 27.9 Å². The molecule has 0 fully saturated rings. The van der Waals surface area contributed by atoms with E-state index in [9.17, 15) is 4.79 Å². The van der Waals surface area contributed by atoms with E-state index in [0.29, 0.717) is 23.9 Å². The lowest BCUT2D eigenvalue weighted by Crippen LogP contribution is -2.27. The molecule has 1 amide bonds. The van der Waals surface area contributed by atoms with Crippen molar-refractivity contribution < 1.29 is 19.2 Å². The van der Waals surface area contributed by atoms with Crippen LogP contribution in [0, 0.1) is 0 Å². The molecule has 0 saturated heterocycles. The number of aryl methyl sites for hydroxylation is 1. The fourth-order valence-corrected chi connectivity index (χ4v) is 2.13. The SMILES string of the molecule is CCc1nc(-c2ccc3c(c2)OCC3NC(=O)O)no1. The van der Waals surface area contributed by atoms with E-state index in [4.69, 9.17) is 14.4 Å². The van der Waals surface area contributed by atoms with E-state index in [1.807, 2.05) is 19.1 Å². The largest absolute Gasteiger partial charge is 0.491 e. The number of hydrogen-bond acceptors (Lipinski definition) is 5. The Labute approximate surface area is 114 Å². The van der Waals surface area contributed by atoms with Crippen LogP contribution in [0.4, 0.5) is 4.79 Å². The van der Waals surface area contributed by atoms with E-state index in [2.05, 4.69) is 15.5 Å². The van der Waals surface area contributed by atoms with Gasteiger partial charge >= 0.3 is 6.09 Å². The highest BCUT2D eigenvalue weighted by molar-refractivity contribution is 5.67. The van der Waals surface area contributed by atoms with Crippen molar-refractivity contribution >= 4 is 6.09 Å². The Morgan fingerprint density at radius 2 is 2.40 bits per heavy atom. The minimum absolute atomic E-state index is 0.289. The molecule has 7 heteroatoms. The fraction of sp³-hybridized carbons (Fsp3) is 0.308. The summed E-state index contributed by atoms with van der Waals surface area (Å²) in [5.41, 5.74) is 1.60. The molecule has 1 aromatic carbocycles. The van der Waals surface area contributed by atoms with Gasteiger partial charge in [0.05, 0.1) is 6.04 Å². The van der Waals surface area contributed by atoms with Crippen LogP contribution < -0.4 is 10.1 Å². The normalized spacial score (nSPS) is 16.6. The summed E-state index contributed by atoms with van der Waals surface area (Å²) in [4.78, 5) is 14.9. The molecule has 0 aliphatic carbocycles. The Hall–Kier alpha value is -2.57. The molecule has 7 nitrogen and oxygen atoms in total. The molecule has 1 atom stereocenters. The zero-order chi connectivity index (χ0) is 14.1. The monoisotopic (exact) mass is 275 g/mol. The topological polar surface area (TPSA) is 97.5 Å². The summed E-state index contributed by atoms with van der Waals surface area (Å²) in [5, 5.41) is 15.1. The zero-order valence-electron chi connectivity index (χ0n) is 10.8. The van der Waals surface area contributed by atoms with Gasteiger partial charge in [-0.3, -0.25) is 0 Å². The maximum atomic E-state index is 10.7. The number of nitrogens with zero attached hydrogens (tertiary/aromatic N) is 2. The summed E-state index contributed by atoms with van der Waals surface area (Å²) in [6.07, 6.45) is -0.389. The van der Waals surface area contributed by atoms with Crippen molar-refractivity contribution in [2.45, 2.75) is 19.4 Å². The molecule has 1 unspecified atom stereocenters. The van der Waals surface area contributed by atoms with Crippen LogP contribution in [0.5, 0.6) is 5.75 Å². The van der Waals surface area contributed by atoms with Crippen LogP contribution in [0.25, 0.3) is 11.4 Å². The fourth-order valence-electron chi connectivity index (χ4n) is 2.13. The number of rotatable bonds is 3. The first-order chi connectivity index (χ1) is 9.67. The second-order valence-corrected chi connectivity index (χ2v) is 4.43. The number of hydrogen-bond donors (Lipinski definition) is 2. The minimum Gasteiger partial charge on any atom is -0.491 e. The molecular weight excluding hydrogens is 262 g/mol. The molecule has 0 saturated carbocycles. The number of fused-ring (bicyclic) bond motifs is 1. The van der Waals surface area contributed by atoms with Gasteiger partial charge < -0.3 is 19.7 Å². The van der Waals surface area contributed by atoms with Crippen LogP contribution in [0.15, 0.2) is 22.7 Å². The number of amides is 1. The van der Waals surface area contributed by atoms with E-state index < -0.39 is 6.09 Å². The van der Waals surface area contributed by atoms with E-state index in [0.717, 1.165) is 11.1 Å². The average molecular weight is 275 g/mol. The highest BCUT2D eigenvalue weighted by Gasteiger charge is 2.26. The summed E-state index contributed by atoms with van der Waals surface area (Å²) in [6.45, 7) is 2.23. The van der Waals surface area contributed by atoms with Gasteiger partial charge in [0, 0.05) is 17.5 Å². The van der Waals surface area contributed by atoms with Crippen molar-refractivity contribution in [2.75, 3.05) is 6.61 Å². The lowest BCUT2D eigenvalue weighted by atomic mass is 10.1. The molecule has 2 N–H and O–H groups in total. The van der Waals surface area contributed by atoms with Crippen LogP contribution in [0.3, 0.4) is 0 Å². The number of nitrogens with one attached hydrogen (secondary N) is 1. The lowest BCUT2D eigenvalue weighted by Gasteiger charge is -2.07. The van der Waals surface area contributed by atoms with Crippen molar-refractivity contribution in [1.29, 1.82) is 0 Å². The van der Waals surface area contributed by atoms with Gasteiger partial charge in [-0.15, -0.1) is 0 Å². The van der Waals surface area contributed by atoms with Gasteiger partial charge in [0.25, 0.3) is 0 Å². The predicted molar refractivity (Wildman–Crippen MR) is 68.5 cm³/mol. The summed E-state index contributed by atoms with van der Waals surface area (Å²) >= 11 is 0. The first kappa shape index (κ1) is 12.5. The molecule has 1 aliphatic rings. The molecule has 2 aromatic rings. The lowest BCUT2D eigenvalue weighted by molar-refractivity contribution is 0.186. The molecule has 0 radical (unpaired) electrons. The smallest absolute Gasteiger partial charge is 0.405 e. The van der Waals surface area contributed by atoms with E-state index in [1.165, 1.54) is 0 Å². The first-order valence-electron chi connectivity index (χ1n) is 6.26. The standard InChI is InChI=1S/C13H13N3O4/c1-2-11-15-12(16-20-11)7-3-4-8-9(14-13(17)18)6-19-10(8)5-7/h3-5,9,14H,2,6H2,1H3,(H,17,18). The summed E-state index contributed by atoms with van der Waals surface area (Å²) in [7, 11) is 0. The molecule has 20 heavy (non-hydrogen) atoms. The second-order valence-electron chi connectivity index (χ2n) is 4.43. The third-order valence-corrected chi connectivity index (χ3v) is 3.12. The van der Waals surface area contributed by atoms with Gasteiger partial charge in [0.2, 0.25) is 11.7 Å². The van der Waals surface area contributed by atoms with Crippen LogP contribution in [0.1, 0.15) is 24.4 Å². The molecule has 0 spiro atoms. The van der Waals surface area contributed by atoms with Crippen molar-refractivity contribution in [3.8, 4) is 17.1 Å². The van der Waals surface area contributed by atoms with Gasteiger partial charge in [-0.1, -0.05) is 24.2 Å². The first-order valence-corrected chi connectivity index (χ1v) is 6.26. The average Bonchev–Trinajstić information content (AvgIpc) is 3.05. The highest BCUT2D eigenvalue weighted by atomic mass is 16.5. The molecular formula is C13H13N3O4. The van der Waals surface area contributed by atoms with Crippen LogP contribution in [-0.2, 0) is 6.42 Å². The zero-order valence-corrected chi connectivity index (χ0v) is 10.8. The molecule has 1 aliphatic heterocycles. The second kappa shape index (κ2) is 4.84. The summed E-state index contributed by atoms with van der Waals surface area (Å²) in [5.74, 6) is 1.72. The van der Waals surface area contributed by atoms with Gasteiger partial charge in [-0.2, -0.15) is 4.98 Å². The minimum atomic E-state index is -1.07. The van der Waals surface area contributed by atoms with Gasteiger partial charge in [0.1, 0.15) is 12.4 Å². The Morgan fingerprint density at radius 1 is 1.55 bits per heavy atom. The Balaban J connectivity index is 1.89. The van der Waals surface area contributed by atoms with Crippen LogP contribution in [0.2, 0.25) is 0 Å². The van der Waals surface area contributed by atoms with Crippen LogP contribution >= 0.6 is 0 Å². The number of carbonyl (C=O) groups is 1. The van der Waals surface area contributed by atoms with Crippen molar-refractivity contribution in [2.24, 2.45) is 0 Å². The molecule has 2 heterocycles. The van der Waals surface area contributed by atoms with E-state index >= 15 is 0 Å². The Morgan fingerprint density at radius 3 is 3.10 bits per heavy atom. The third-order valence-electron chi connectivity index (χ3n) is 3.12. The number of ether oxygens (including phenoxy) is 1. The number of aromatic nitrogens is 2. The molecule has 3 rings (SSSR count). The molecule has 0 bridgehead atoms. The van der Waals surface area contributed by atoms with Crippen molar-refractivity contribution in [3.63, 3.8) is 0 Å². The number of carboxylic acid groups (broad SMARTS) is 1. The summed E-state index contributed by atoms with van der Waals surface area (Å²) < 4.78 is 10.6. The maximum absolute atomic E-state index is 10.7. The van der Waals surface area contributed by atoms with E-state index in [1.54, 1.807) is 6.07 Å². The summed E-state index contributed by atoms with van der Waals surface area (Å²) in [6, 6.07) is 5.10. The van der Waals surface area contributed by atoms with Crippen molar-refractivity contribution in [1.82, 2.24) is 15.5 Å². The highest BCUT2D eigenvalue weighted by Crippen LogP contribution is 2.35. The van der Waals surface area contributed by atoms with Gasteiger partial charge in [-0.25, -0.2) is 4.79 Å². The third kappa shape index (κ3) is 2.18. The number of benzene rings is 1. The molecule has 104 valence electrons. The van der Waals surface area contributed by atoms with Gasteiger partial charge in [-0.05, 0) is 6.07 Å².